The number of hydrogen-bond donors (Lipinski definition) is 2. The monoisotopic (exact) mass is 373 g/mol. The number of methoxy groups -OCH3 is 1. The summed E-state index contributed by atoms with van der Waals surface area (Å²) in [5, 5.41) is 11.9. The zero-order valence-electron chi connectivity index (χ0n) is 14.2. The number of amides is 1. The smallest absolute Gasteiger partial charge is 0.329 e. The lowest BCUT2D eigenvalue weighted by atomic mass is 10.1. The third-order valence-corrected chi connectivity index (χ3v) is 4.57. The Balaban J connectivity index is 1.91. The number of rotatable bonds is 8. The molecule has 26 heavy (non-hydrogen) atoms. The van der Waals surface area contributed by atoms with Crippen molar-refractivity contribution in [1.82, 2.24) is 5.32 Å². The number of aromatic hydroxyl groups is 1. The van der Waals surface area contributed by atoms with Gasteiger partial charge in [0, 0.05) is 16.9 Å². The lowest BCUT2D eigenvalue weighted by molar-refractivity contribution is -0.142. The van der Waals surface area contributed by atoms with E-state index in [9.17, 15) is 19.5 Å². The zero-order valence-corrected chi connectivity index (χ0v) is 15.0. The summed E-state index contributed by atoms with van der Waals surface area (Å²) >= 11 is 1.22. The van der Waals surface area contributed by atoms with Crippen LogP contribution in [0.4, 0.5) is 0 Å². The van der Waals surface area contributed by atoms with Gasteiger partial charge in [0.1, 0.15) is 11.8 Å². The minimum absolute atomic E-state index is 0.0867. The summed E-state index contributed by atoms with van der Waals surface area (Å²) < 4.78 is 4.72. The highest BCUT2D eigenvalue weighted by Crippen LogP contribution is 2.13. The van der Waals surface area contributed by atoms with E-state index in [0.29, 0.717) is 11.1 Å². The van der Waals surface area contributed by atoms with E-state index in [1.165, 1.54) is 43.1 Å². The molecule has 0 fully saturated rings. The summed E-state index contributed by atoms with van der Waals surface area (Å²) in [5.74, 6) is -0.656. The van der Waals surface area contributed by atoms with Crippen molar-refractivity contribution in [2.24, 2.45) is 0 Å². The summed E-state index contributed by atoms with van der Waals surface area (Å²) in [6.45, 7) is 0. The molecule has 2 aromatic carbocycles. The van der Waals surface area contributed by atoms with Crippen LogP contribution >= 0.6 is 11.8 Å². The number of ketones is 1. The molecule has 1 atom stereocenters. The first-order valence-corrected chi connectivity index (χ1v) is 9.00. The largest absolute Gasteiger partial charge is 0.508 e. The number of Topliss-reactive ketones (excluding diaryl/α,β-unsaturated/α-hetero) is 1. The first kappa shape index (κ1) is 19.5. The van der Waals surface area contributed by atoms with E-state index >= 15 is 0 Å². The van der Waals surface area contributed by atoms with Crippen molar-refractivity contribution in [1.29, 1.82) is 0 Å². The van der Waals surface area contributed by atoms with Crippen LogP contribution in [0.1, 0.15) is 20.7 Å². The van der Waals surface area contributed by atoms with Gasteiger partial charge in [0.15, 0.2) is 5.78 Å². The van der Waals surface area contributed by atoms with Crippen LogP contribution in [-0.2, 0) is 9.53 Å². The van der Waals surface area contributed by atoms with E-state index in [1.807, 2.05) is 0 Å². The number of carbonyl (C=O) groups excluding carboxylic acids is 3. The normalized spacial score (nSPS) is 11.4. The van der Waals surface area contributed by atoms with Crippen LogP contribution in [0.2, 0.25) is 0 Å². The predicted molar refractivity (Wildman–Crippen MR) is 99.5 cm³/mol. The first-order valence-electron chi connectivity index (χ1n) is 7.85. The lowest BCUT2D eigenvalue weighted by Crippen LogP contribution is -2.43. The topological polar surface area (TPSA) is 92.7 Å². The van der Waals surface area contributed by atoms with Gasteiger partial charge < -0.3 is 15.2 Å². The van der Waals surface area contributed by atoms with Crippen molar-refractivity contribution in [2.45, 2.75) is 6.04 Å². The molecule has 0 bridgehead atoms. The van der Waals surface area contributed by atoms with Crippen molar-refractivity contribution in [3.05, 3.63) is 65.7 Å². The molecule has 2 rings (SSSR count). The molecule has 0 saturated heterocycles. The molecule has 0 saturated carbocycles. The van der Waals surface area contributed by atoms with Crippen LogP contribution in [0.5, 0.6) is 5.75 Å². The van der Waals surface area contributed by atoms with Crippen LogP contribution in [0.3, 0.4) is 0 Å². The molecule has 6 nitrogen and oxygen atoms in total. The average Bonchev–Trinajstić information content (AvgIpc) is 2.67. The van der Waals surface area contributed by atoms with Gasteiger partial charge in [-0.1, -0.05) is 18.2 Å². The highest BCUT2D eigenvalue weighted by atomic mass is 32.2. The van der Waals surface area contributed by atoms with Crippen LogP contribution in [-0.4, -0.2) is 47.4 Å². The maximum Gasteiger partial charge on any atom is 0.329 e. The second-order valence-corrected chi connectivity index (χ2v) is 6.43. The molecular weight excluding hydrogens is 354 g/mol. The Labute approximate surface area is 155 Å². The van der Waals surface area contributed by atoms with E-state index in [0.717, 1.165) is 0 Å². The molecule has 0 spiro atoms. The fourth-order valence-corrected chi connectivity index (χ4v) is 3.07. The number of esters is 1. The number of thioether (sulfide) groups is 1. The molecular formula is C19H19NO5S. The summed E-state index contributed by atoms with van der Waals surface area (Å²) in [4.78, 5) is 36.2. The Bertz CT molecular complexity index is 761. The number of hydrogen-bond acceptors (Lipinski definition) is 6. The number of ether oxygens (including phenoxy) is 1. The van der Waals surface area contributed by atoms with Gasteiger partial charge in [0.2, 0.25) is 0 Å². The van der Waals surface area contributed by atoms with Crippen LogP contribution < -0.4 is 5.32 Å². The summed E-state index contributed by atoms with van der Waals surface area (Å²) in [6.07, 6.45) is 0. The Morgan fingerprint density at radius 2 is 1.69 bits per heavy atom. The minimum Gasteiger partial charge on any atom is -0.508 e. The molecule has 0 aromatic heterocycles. The van der Waals surface area contributed by atoms with Gasteiger partial charge in [-0.05, 0) is 36.4 Å². The van der Waals surface area contributed by atoms with Gasteiger partial charge >= 0.3 is 5.97 Å². The van der Waals surface area contributed by atoms with Gasteiger partial charge in [0.25, 0.3) is 5.91 Å². The van der Waals surface area contributed by atoms with E-state index in [-0.39, 0.29) is 28.9 Å². The van der Waals surface area contributed by atoms with Gasteiger partial charge in [-0.25, -0.2) is 4.79 Å². The number of carbonyl (C=O) groups is 3. The highest BCUT2D eigenvalue weighted by Gasteiger charge is 2.22. The van der Waals surface area contributed by atoms with E-state index < -0.39 is 12.0 Å². The second-order valence-electron chi connectivity index (χ2n) is 5.40. The van der Waals surface area contributed by atoms with Gasteiger partial charge in [-0.15, -0.1) is 0 Å². The SMILES string of the molecule is COC(=O)[C@H](CSCC(=O)c1ccc(O)cc1)NC(=O)c1ccccc1. The number of nitrogens with one attached hydrogen (secondary N) is 1. The second kappa shape index (κ2) is 9.62. The van der Waals surface area contributed by atoms with Crippen molar-refractivity contribution >= 4 is 29.4 Å². The van der Waals surface area contributed by atoms with Crippen molar-refractivity contribution in [3.63, 3.8) is 0 Å². The van der Waals surface area contributed by atoms with Gasteiger partial charge in [0.05, 0.1) is 12.9 Å². The highest BCUT2D eigenvalue weighted by molar-refractivity contribution is 8.00. The lowest BCUT2D eigenvalue weighted by Gasteiger charge is -2.16. The number of phenolic OH excluding ortho intramolecular Hbond substituents is 1. The molecule has 0 aliphatic carbocycles. The van der Waals surface area contributed by atoms with Crippen molar-refractivity contribution < 1.29 is 24.2 Å². The summed E-state index contributed by atoms with van der Waals surface area (Å²) in [5.41, 5.74) is 0.907. The zero-order chi connectivity index (χ0) is 18.9. The third-order valence-electron chi connectivity index (χ3n) is 3.53. The van der Waals surface area contributed by atoms with E-state index in [2.05, 4.69) is 5.32 Å². The first-order chi connectivity index (χ1) is 12.5. The standard InChI is InChI=1S/C19H19NO5S/c1-25-19(24)16(20-18(23)14-5-3-2-4-6-14)11-26-12-17(22)13-7-9-15(21)10-8-13/h2-10,16,21H,11-12H2,1H3,(H,20,23)/t16-/m0/s1. The summed E-state index contributed by atoms with van der Waals surface area (Å²) in [6, 6.07) is 13.6. The fourth-order valence-electron chi connectivity index (χ4n) is 2.14. The molecule has 0 unspecified atom stereocenters. The molecule has 2 aromatic rings. The maximum atomic E-state index is 12.2. The average molecular weight is 373 g/mol. The molecule has 0 heterocycles. The Kier molecular flexibility index (Phi) is 7.23. The molecule has 0 aliphatic heterocycles. The molecule has 136 valence electrons. The molecule has 2 N–H and O–H groups in total. The molecule has 1 amide bonds. The Morgan fingerprint density at radius 3 is 2.31 bits per heavy atom. The fraction of sp³-hybridized carbons (Fsp3) is 0.211. The Hall–Kier alpha value is -2.80. The predicted octanol–water partition coefficient (Wildman–Crippen LogP) is 2.28. The third kappa shape index (κ3) is 5.63. The van der Waals surface area contributed by atoms with Crippen molar-refractivity contribution in [3.8, 4) is 5.75 Å². The van der Waals surface area contributed by atoms with Crippen LogP contribution in [0.25, 0.3) is 0 Å². The quantitative estimate of drug-likeness (QED) is 0.545. The van der Waals surface area contributed by atoms with Crippen molar-refractivity contribution in [2.75, 3.05) is 18.6 Å². The minimum atomic E-state index is -0.856. The molecule has 7 heteroatoms. The van der Waals surface area contributed by atoms with Crippen LogP contribution in [0.15, 0.2) is 54.6 Å². The Morgan fingerprint density at radius 1 is 1.04 bits per heavy atom. The number of benzene rings is 2. The van der Waals surface area contributed by atoms with Gasteiger partial charge in [-0.3, -0.25) is 9.59 Å². The number of phenols is 1. The molecule has 0 aliphatic rings. The summed E-state index contributed by atoms with van der Waals surface area (Å²) in [7, 11) is 1.25. The maximum absolute atomic E-state index is 12.2. The van der Waals surface area contributed by atoms with Crippen LogP contribution in [0, 0.1) is 0 Å². The van der Waals surface area contributed by atoms with Gasteiger partial charge in [-0.2, -0.15) is 11.8 Å². The molecule has 0 radical (unpaired) electrons. The van der Waals surface area contributed by atoms with E-state index in [4.69, 9.17) is 4.74 Å². The van der Waals surface area contributed by atoms with E-state index in [1.54, 1.807) is 30.3 Å².